The van der Waals surface area contributed by atoms with Crippen molar-refractivity contribution in [3.63, 3.8) is 0 Å². The molecule has 1 aromatic carbocycles. The maximum atomic E-state index is 6.18. The number of hydrogen-bond acceptors (Lipinski definition) is 3. The molecular formula is C16H25NO2. The van der Waals surface area contributed by atoms with Crippen LogP contribution in [-0.2, 0) is 0 Å². The molecule has 2 atom stereocenters. The first kappa shape index (κ1) is 14.2. The van der Waals surface area contributed by atoms with Crippen LogP contribution in [0.1, 0.15) is 33.6 Å². The summed E-state index contributed by atoms with van der Waals surface area (Å²) < 4.78 is 11.4. The van der Waals surface area contributed by atoms with Crippen molar-refractivity contribution in [2.24, 2.45) is 5.41 Å². The first-order valence-electron chi connectivity index (χ1n) is 7.11. The van der Waals surface area contributed by atoms with Gasteiger partial charge in [0.05, 0.1) is 7.11 Å². The number of ether oxygens (including phenoxy) is 2. The fraction of sp³-hybridized carbons (Fsp3) is 0.625. The lowest BCUT2D eigenvalue weighted by Crippen LogP contribution is -2.46. The smallest absolute Gasteiger partial charge is 0.123 e. The monoisotopic (exact) mass is 263 g/mol. The van der Waals surface area contributed by atoms with E-state index in [1.165, 1.54) is 6.42 Å². The van der Waals surface area contributed by atoms with Crippen molar-refractivity contribution in [2.75, 3.05) is 13.7 Å². The maximum absolute atomic E-state index is 6.18. The van der Waals surface area contributed by atoms with Crippen molar-refractivity contribution >= 4 is 0 Å². The highest BCUT2D eigenvalue weighted by Gasteiger charge is 2.42. The van der Waals surface area contributed by atoms with Crippen LogP contribution in [0.5, 0.6) is 11.5 Å². The Morgan fingerprint density at radius 2 is 2.05 bits per heavy atom. The quantitative estimate of drug-likeness (QED) is 0.884. The highest BCUT2D eigenvalue weighted by molar-refractivity contribution is 5.33. The van der Waals surface area contributed by atoms with Crippen molar-refractivity contribution in [3.8, 4) is 11.5 Å². The lowest BCUT2D eigenvalue weighted by Gasteiger charge is -2.31. The molecule has 2 unspecified atom stereocenters. The zero-order valence-corrected chi connectivity index (χ0v) is 12.4. The Kier molecular flexibility index (Phi) is 4.35. The SMILES string of the molecule is CCNC1C(Oc2cccc(OC)c2)CCC1(C)C. The summed E-state index contributed by atoms with van der Waals surface area (Å²) in [6, 6.07) is 8.26. The fourth-order valence-corrected chi connectivity index (χ4v) is 2.94. The maximum Gasteiger partial charge on any atom is 0.123 e. The van der Waals surface area contributed by atoms with Gasteiger partial charge in [-0.25, -0.2) is 0 Å². The van der Waals surface area contributed by atoms with Gasteiger partial charge in [-0.15, -0.1) is 0 Å². The topological polar surface area (TPSA) is 30.5 Å². The van der Waals surface area contributed by atoms with Gasteiger partial charge in [-0.2, -0.15) is 0 Å². The molecule has 0 heterocycles. The Labute approximate surface area is 116 Å². The van der Waals surface area contributed by atoms with E-state index in [9.17, 15) is 0 Å². The van der Waals surface area contributed by atoms with Crippen molar-refractivity contribution in [1.29, 1.82) is 0 Å². The highest BCUT2D eigenvalue weighted by Crippen LogP contribution is 2.39. The first-order valence-corrected chi connectivity index (χ1v) is 7.11. The van der Waals surface area contributed by atoms with E-state index in [0.717, 1.165) is 24.5 Å². The number of rotatable bonds is 5. The van der Waals surface area contributed by atoms with Crippen molar-refractivity contribution in [1.82, 2.24) is 5.32 Å². The minimum Gasteiger partial charge on any atom is -0.497 e. The predicted octanol–water partition coefficient (Wildman–Crippen LogP) is 3.24. The van der Waals surface area contributed by atoms with Crippen LogP contribution in [0, 0.1) is 5.41 Å². The molecule has 0 spiro atoms. The molecule has 1 aliphatic rings. The van der Waals surface area contributed by atoms with E-state index in [1.54, 1.807) is 7.11 Å². The molecule has 19 heavy (non-hydrogen) atoms. The van der Waals surface area contributed by atoms with E-state index in [4.69, 9.17) is 9.47 Å². The minimum atomic E-state index is 0.238. The zero-order chi connectivity index (χ0) is 13.9. The highest BCUT2D eigenvalue weighted by atomic mass is 16.5. The average molecular weight is 263 g/mol. The van der Waals surface area contributed by atoms with Gasteiger partial charge in [0.15, 0.2) is 0 Å². The van der Waals surface area contributed by atoms with Crippen molar-refractivity contribution < 1.29 is 9.47 Å². The van der Waals surface area contributed by atoms with E-state index < -0.39 is 0 Å². The molecule has 0 radical (unpaired) electrons. The number of hydrogen-bond donors (Lipinski definition) is 1. The normalized spacial score (nSPS) is 25.3. The van der Waals surface area contributed by atoms with Crippen LogP contribution < -0.4 is 14.8 Å². The van der Waals surface area contributed by atoms with Crippen LogP contribution in [0.4, 0.5) is 0 Å². The zero-order valence-electron chi connectivity index (χ0n) is 12.4. The Hall–Kier alpha value is -1.22. The number of nitrogens with one attached hydrogen (secondary N) is 1. The molecule has 0 bridgehead atoms. The second-order valence-electron chi connectivity index (χ2n) is 5.90. The molecule has 0 saturated heterocycles. The Morgan fingerprint density at radius 3 is 2.74 bits per heavy atom. The van der Waals surface area contributed by atoms with Crippen LogP contribution >= 0.6 is 0 Å². The summed E-state index contributed by atoms with van der Waals surface area (Å²) in [5.74, 6) is 1.74. The second kappa shape index (κ2) is 5.83. The third kappa shape index (κ3) is 3.21. The van der Waals surface area contributed by atoms with Crippen molar-refractivity contribution in [3.05, 3.63) is 24.3 Å². The summed E-state index contributed by atoms with van der Waals surface area (Å²) in [5, 5.41) is 3.58. The Bertz CT molecular complexity index is 417. The fourth-order valence-electron chi connectivity index (χ4n) is 2.94. The van der Waals surface area contributed by atoms with Crippen LogP contribution in [-0.4, -0.2) is 25.8 Å². The number of likely N-dealkylation sites (N-methyl/N-ethyl adjacent to an activating group) is 1. The minimum absolute atomic E-state index is 0.238. The van der Waals surface area contributed by atoms with E-state index in [2.05, 4.69) is 26.1 Å². The first-order chi connectivity index (χ1) is 9.06. The van der Waals surface area contributed by atoms with Crippen LogP contribution in [0.15, 0.2) is 24.3 Å². The van der Waals surface area contributed by atoms with Gasteiger partial charge < -0.3 is 14.8 Å². The lowest BCUT2D eigenvalue weighted by atomic mass is 9.87. The standard InChI is InChI=1S/C16H25NO2/c1-5-17-15-14(9-10-16(15,2)3)19-13-8-6-7-12(11-13)18-4/h6-8,11,14-15,17H,5,9-10H2,1-4H3. The molecule has 1 aromatic rings. The van der Waals surface area contributed by atoms with E-state index in [0.29, 0.717) is 11.5 Å². The molecule has 0 aromatic heterocycles. The van der Waals surface area contributed by atoms with E-state index in [1.807, 2.05) is 24.3 Å². The molecule has 106 valence electrons. The summed E-state index contributed by atoms with van der Waals surface area (Å²) in [4.78, 5) is 0. The van der Waals surface area contributed by atoms with Gasteiger partial charge >= 0.3 is 0 Å². The largest absolute Gasteiger partial charge is 0.497 e. The van der Waals surface area contributed by atoms with E-state index in [-0.39, 0.29) is 6.10 Å². The lowest BCUT2D eigenvalue weighted by molar-refractivity contribution is 0.141. The van der Waals surface area contributed by atoms with E-state index >= 15 is 0 Å². The summed E-state index contributed by atoms with van der Waals surface area (Å²) in [5.41, 5.74) is 0.291. The molecule has 3 heteroatoms. The van der Waals surface area contributed by atoms with Crippen LogP contribution in [0.3, 0.4) is 0 Å². The molecule has 1 saturated carbocycles. The van der Waals surface area contributed by atoms with Gasteiger partial charge in [0.25, 0.3) is 0 Å². The number of benzene rings is 1. The molecular weight excluding hydrogens is 238 g/mol. The van der Waals surface area contributed by atoms with Gasteiger partial charge in [0.2, 0.25) is 0 Å². The van der Waals surface area contributed by atoms with Gasteiger partial charge in [0, 0.05) is 12.1 Å². The third-order valence-electron chi connectivity index (χ3n) is 4.04. The van der Waals surface area contributed by atoms with Gasteiger partial charge in [-0.1, -0.05) is 26.8 Å². The summed E-state index contributed by atoms with van der Waals surface area (Å²) in [7, 11) is 1.68. The molecule has 1 N–H and O–H groups in total. The Morgan fingerprint density at radius 1 is 1.32 bits per heavy atom. The molecule has 0 amide bonds. The average Bonchev–Trinajstić information content (AvgIpc) is 2.67. The van der Waals surface area contributed by atoms with Crippen LogP contribution in [0.2, 0.25) is 0 Å². The van der Waals surface area contributed by atoms with Crippen molar-refractivity contribution in [2.45, 2.75) is 45.8 Å². The summed E-state index contributed by atoms with van der Waals surface area (Å²) in [6.07, 6.45) is 2.53. The molecule has 2 rings (SSSR count). The van der Waals surface area contributed by atoms with Gasteiger partial charge in [0.1, 0.15) is 17.6 Å². The Balaban J connectivity index is 2.09. The molecule has 3 nitrogen and oxygen atoms in total. The molecule has 1 aliphatic carbocycles. The number of methoxy groups -OCH3 is 1. The van der Waals surface area contributed by atoms with Gasteiger partial charge in [-0.3, -0.25) is 0 Å². The predicted molar refractivity (Wildman–Crippen MR) is 77.9 cm³/mol. The summed E-state index contributed by atoms with van der Waals surface area (Å²) in [6.45, 7) is 7.76. The second-order valence-corrected chi connectivity index (χ2v) is 5.90. The summed E-state index contributed by atoms with van der Waals surface area (Å²) >= 11 is 0. The molecule has 0 aliphatic heterocycles. The van der Waals surface area contributed by atoms with Crippen LogP contribution in [0.25, 0.3) is 0 Å². The third-order valence-corrected chi connectivity index (χ3v) is 4.04. The van der Waals surface area contributed by atoms with Gasteiger partial charge in [-0.05, 0) is 36.9 Å². The molecule has 1 fully saturated rings.